The predicted octanol–water partition coefficient (Wildman–Crippen LogP) is 0.186. The number of hydrogen-bond acceptors (Lipinski definition) is 6. The number of carbonyl (C=O) groups excluding carboxylic acids is 1. The van der Waals surface area contributed by atoms with Gasteiger partial charge in [0.05, 0.1) is 18.1 Å². The molecule has 0 spiro atoms. The summed E-state index contributed by atoms with van der Waals surface area (Å²) in [6, 6.07) is 1.42. The number of thiophene rings is 1. The highest BCUT2D eigenvalue weighted by Gasteiger charge is 2.34. The fraction of sp³-hybridized carbons (Fsp3) is 0.667. The number of piperazine rings is 1. The van der Waals surface area contributed by atoms with Crippen LogP contribution in [0.15, 0.2) is 11.0 Å². The Labute approximate surface area is 146 Å². The molecule has 0 aliphatic carbocycles. The van der Waals surface area contributed by atoms with Gasteiger partial charge in [0, 0.05) is 42.5 Å². The second-order valence-corrected chi connectivity index (χ2v) is 9.46. The zero-order valence-electron chi connectivity index (χ0n) is 13.9. The van der Waals surface area contributed by atoms with Crippen LogP contribution in [0.5, 0.6) is 0 Å². The molecule has 3 heterocycles. The Morgan fingerprint density at radius 1 is 1.29 bits per heavy atom. The molecule has 2 saturated heterocycles. The molecule has 1 aromatic heterocycles. The average molecular weight is 374 g/mol. The molecular formula is C15H23N3O4S2. The minimum atomic E-state index is -3.48. The molecule has 2 aliphatic heterocycles. The Morgan fingerprint density at radius 3 is 2.54 bits per heavy atom. The first kappa shape index (κ1) is 17.8. The summed E-state index contributed by atoms with van der Waals surface area (Å²) in [7, 11) is -3.48. The predicted molar refractivity (Wildman–Crippen MR) is 91.7 cm³/mol. The van der Waals surface area contributed by atoms with Gasteiger partial charge in [-0.1, -0.05) is 0 Å². The van der Waals surface area contributed by atoms with Crippen LogP contribution < -0.4 is 5.32 Å². The normalized spacial score (nSPS) is 23.4. The number of nitrogens with one attached hydrogen (secondary N) is 1. The van der Waals surface area contributed by atoms with Crippen LogP contribution in [-0.4, -0.2) is 75.5 Å². The number of nitrogens with zero attached hydrogens (tertiary/aromatic N) is 2. The molecule has 2 aliphatic rings. The summed E-state index contributed by atoms with van der Waals surface area (Å²) in [5.41, 5.74) is 0. The van der Waals surface area contributed by atoms with Crippen LogP contribution in [0, 0.1) is 13.8 Å². The molecule has 9 heteroatoms. The standard InChI is InChI=1S/C15H23N3O4S2/c1-11-9-14(12(2)23-11)24(20,21)18-6-4-17(5-7-18)15(19)13-10-22-8-3-16-13/h9,13,16H,3-8,10H2,1-2H3. The number of carbonyl (C=O) groups is 1. The van der Waals surface area contributed by atoms with E-state index in [1.807, 2.05) is 13.8 Å². The Hall–Kier alpha value is -1.00. The van der Waals surface area contributed by atoms with Gasteiger partial charge in [-0.05, 0) is 19.9 Å². The van der Waals surface area contributed by atoms with Gasteiger partial charge in [-0.25, -0.2) is 8.42 Å². The molecule has 134 valence electrons. The summed E-state index contributed by atoms with van der Waals surface area (Å²) < 4.78 is 32.4. The maximum Gasteiger partial charge on any atom is 0.244 e. The van der Waals surface area contributed by atoms with Crippen molar-refractivity contribution in [2.75, 3.05) is 45.9 Å². The van der Waals surface area contributed by atoms with E-state index in [-0.39, 0.29) is 11.9 Å². The minimum Gasteiger partial charge on any atom is -0.378 e. The lowest BCUT2D eigenvalue weighted by atomic mass is 10.2. The van der Waals surface area contributed by atoms with Crippen LogP contribution in [0.3, 0.4) is 0 Å². The van der Waals surface area contributed by atoms with Crippen LogP contribution >= 0.6 is 11.3 Å². The zero-order chi connectivity index (χ0) is 17.3. The molecule has 1 atom stereocenters. The van der Waals surface area contributed by atoms with E-state index in [0.717, 1.165) is 9.75 Å². The number of morpholine rings is 1. The van der Waals surface area contributed by atoms with Crippen molar-refractivity contribution in [2.24, 2.45) is 0 Å². The molecule has 7 nitrogen and oxygen atoms in total. The van der Waals surface area contributed by atoms with Gasteiger partial charge in [-0.3, -0.25) is 4.79 Å². The van der Waals surface area contributed by atoms with Gasteiger partial charge in [-0.15, -0.1) is 11.3 Å². The topological polar surface area (TPSA) is 79.0 Å². The van der Waals surface area contributed by atoms with E-state index in [0.29, 0.717) is 50.8 Å². The maximum atomic E-state index is 12.8. The summed E-state index contributed by atoms with van der Waals surface area (Å²) in [6.45, 7) is 6.90. The summed E-state index contributed by atoms with van der Waals surface area (Å²) in [6.07, 6.45) is 0. The fourth-order valence-electron chi connectivity index (χ4n) is 3.10. The highest BCUT2D eigenvalue weighted by Crippen LogP contribution is 2.28. The second kappa shape index (κ2) is 7.09. The van der Waals surface area contributed by atoms with Crippen molar-refractivity contribution in [2.45, 2.75) is 24.8 Å². The van der Waals surface area contributed by atoms with Gasteiger partial charge in [-0.2, -0.15) is 4.31 Å². The van der Waals surface area contributed by atoms with Gasteiger partial charge in [0.1, 0.15) is 6.04 Å². The zero-order valence-corrected chi connectivity index (χ0v) is 15.6. The third-order valence-electron chi connectivity index (χ3n) is 4.38. The van der Waals surface area contributed by atoms with E-state index < -0.39 is 10.0 Å². The number of ether oxygens (including phenoxy) is 1. The van der Waals surface area contributed by atoms with Gasteiger partial charge in [0.15, 0.2) is 0 Å². The molecule has 0 radical (unpaired) electrons. The lowest BCUT2D eigenvalue weighted by Crippen LogP contribution is -2.57. The van der Waals surface area contributed by atoms with E-state index in [4.69, 9.17) is 4.74 Å². The van der Waals surface area contributed by atoms with Crippen LogP contribution in [0.25, 0.3) is 0 Å². The lowest BCUT2D eigenvalue weighted by Gasteiger charge is -2.36. The van der Waals surface area contributed by atoms with Gasteiger partial charge in [0.25, 0.3) is 0 Å². The number of hydrogen-bond donors (Lipinski definition) is 1. The first-order chi connectivity index (χ1) is 11.4. The van der Waals surface area contributed by atoms with Crippen LogP contribution in [0.2, 0.25) is 0 Å². The molecule has 1 amide bonds. The highest BCUT2D eigenvalue weighted by molar-refractivity contribution is 7.89. The Bertz CT molecular complexity index is 702. The lowest BCUT2D eigenvalue weighted by molar-refractivity contribution is -0.137. The fourth-order valence-corrected chi connectivity index (χ4v) is 6.04. The van der Waals surface area contributed by atoms with Crippen molar-refractivity contribution in [1.29, 1.82) is 0 Å². The molecular weight excluding hydrogens is 350 g/mol. The van der Waals surface area contributed by atoms with Crippen LogP contribution in [-0.2, 0) is 19.6 Å². The van der Waals surface area contributed by atoms with E-state index in [1.54, 1.807) is 11.0 Å². The Kier molecular flexibility index (Phi) is 5.26. The molecule has 1 aromatic rings. The van der Waals surface area contributed by atoms with E-state index in [2.05, 4.69) is 5.32 Å². The molecule has 2 fully saturated rings. The van der Waals surface area contributed by atoms with Crippen molar-refractivity contribution < 1.29 is 17.9 Å². The third-order valence-corrected chi connectivity index (χ3v) is 7.50. The maximum absolute atomic E-state index is 12.8. The van der Waals surface area contributed by atoms with Crippen molar-refractivity contribution in [1.82, 2.24) is 14.5 Å². The van der Waals surface area contributed by atoms with Gasteiger partial charge in [0.2, 0.25) is 15.9 Å². The molecule has 1 unspecified atom stereocenters. The van der Waals surface area contributed by atoms with Gasteiger partial charge >= 0.3 is 0 Å². The van der Waals surface area contributed by atoms with Crippen LogP contribution in [0.1, 0.15) is 9.75 Å². The van der Waals surface area contributed by atoms with Crippen molar-refractivity contribution in [3.63, 3.8) is 0 Å². The summed E-state index contributed by atoms with van der Waals surface area (Å²) in [4.78, 5) is 16.4. The Morgan fingerprint density at radius 2 is 2.00 bits per heavy atom. The average Bonchev–Trinajstić information content (AvgIpc) is 2.94. The molecule has 0 aromatic carbocycles. The number of aryl methyl sites for hydroxylation is 2. The van der Waals surface area contributed by atoms with E-state index in [1.165, 1.54) is 15.6 Å². The van der Waals surface area contributed by atoms with Crippen molar-refractivity contribution in [3.05, 3.63) is 15.8 Å². The SMILES string of the molecule is Cc1cc(S(=O)(=O)N2CCN(C(=O)C3COCCN3)CC2)c(C)s1. The first-order valence-corrected chi connectivity index (χ1v) is 10.3. The molecule has 0 saturated carbocycles. The van der Waals surface area contributed by atoms with Crippen LogP contribution in [0.4, 0.5) is 0 Å². The largest absolute Gasteiger partial charge is 0.378 e. The quantitative estimate of drug-likeness (QED) is 0.818. The summed E-state index contributed by atoms with van der Waals surface area (Å²) in [5, 5.41) is 3.15. The third kappa shape index (κ3) is 3.50. The Balaban J connectivity index is 1.64. The number of amides is 1. The smallest absolute Gasteiger partial charge is 0.244 e. The molecule has 3 rings (SSSR count). The number of rotatable bonds is 3. The van der Waals surface area contributed by atoms with E-state index >= 15 is 0 Å². The summed E-state index contributed by atoms with van der Waals surface area (Å²) in [5.74, 6) is -0.00527. The second-order valence-electron chi connectivity index (χ2n) is 6.09. The number of sulfonamides is 1. The summed E-state index contributed by atoms with van der Waals surface area (Å²) >= 11 is 1.49. The minimum absolute atomic E-state index is 0.00527. The molecule has 0 bridgehead atoms. The van der Waals surface area contributed by atoms with E-state index in [9.17, 15) is 13.2 Å². The van der Waals surface area contributed by atoms with Crippen molar-refractivity contribution in [3.8, 4) is 0 Å². The highest BCUT2D eigenvalue weighted by atomic mass is 32.2. The molecule has 24 heavy (non-hydrogen) atoms. The monoisotopic (exact) mass is 373 g/mol. The van der Waals surface area contributed by atoms with Crippen molar-refractivity contribution >= 4 is 27.3 Å². The van der Waals surface area contributed by atoms with Gasteiger partial charge < -0.3 is 15.0 Å². The molecule has 1 N–H and O–H groups in total. The first-order valence-electron chi connectivity index (χ1n) is 8.06.